The average Bonchev–Trinajstić information content (AvgIpc) is 2.34. The fraction of sp³-hybridized carbons (Fsp3) is 0.0769. The highest BCUT2D eigenvalue weighted by molar-refractivity contribution is 6.49. The van der Waals surface area contributed by atoms with E-state index in [4.69, 9.17) is 34.8 Å². The van der Waals surface area contributed by atoms with Crippen LogP contribution >= 0.6 is 34.8 Å². The molecule has 0 aliphatic carbocycles. The lowest BCUT2D eigenvalue weighted by atomic mass is 10.1. The number of alkyl halides is 3. The summed E-state index contributed by atoms with van der Waals surface area (Å²) in [5, 5.41) is 0.583. The third kappa shape index (κ3) is 3.51. The summed E-state index contributed by atoms with van der Waals surface area (Å²) in [5.74, 6) is -0.336. The lowest BCUT2D eigenvalue weighted by Gasteiger charge is -2.11. The number of ether oxygens (including phenoxy) is 1. The number of hydrogen-bond acceptors (Lipinski definition) is 1. The van der Waals surface area contributed by atoms with Crippen molar-refractivity contribution in [1.29, 1.82) is 0 Å². The Balaban J connectivity index is 2.44. The molecule has 0 saturated heterocycles. The van der Waals surface area contributed by atoms with Crippen LogP contribution in [-0.2, 0) is 0 Å². The second-order valence-corrected chi connectivity index (χ2v) is 4.96. The van der Waals surface area contributed by atoms with Crippen LogP contribution in [0.4, 0.5) is 13.2 Å². The van der Waals surface area contributed by atoms with E-state index in [1.807, 2.05) is 0 Å². The zero-order valence-electron chi connectivity index (χ0n) is 9.64. The summed E-state index contributed by atoms with van der Waals surface area (Å²) in [4.78, 5) is 0. The molecular formula is C13H6Cl3F3O. The fourth-order valence-corrected chi connectivity index (χ4v) is 2.25. The lowest BCUT2D eigenvalue weighted by molar-refractivity contribution is -0.274. The van der Waals surface area contributed by atoms with E-state index in [1.54, 1.807) is 12.1 Å². The van der Waals surface area contributed by atoms with E-state index in [0.29, 0.717) is 11.1 Å². The predicted octanol–water partition coefficient (Wildman–Crippen LogP) is 6.21. The minimum Gasteiger partial charge on any atom is -0.406 e. The number of hydrogen-bond donors (Lipinski definition) is 0. The van der Waals surface area contributed by atoms with Gasteiger partial charge >= 0.3 is 6.36 Å². The minimum absolute atomic E-state index is 0.146. The molecule has 0 fully saturated rings. The van der Waals surface area contributed by atoms with Crippen LogP contribution in [0.1, 0.15) is 0 Å². The maximum atomic E-state index is 12.2. The Kier molecular flexibility index (Phi) is 4.37. The second kappa shape index (κ2) is 5.72. The summed E-state index contributed by atoms with van der Waals surface area (Å²) in [7, 11) is 0. The first-order chi connectivity index (χ1) is 9.28. The Morgan fingerprint density at radius 2 is 1.60 bits per heavy atom. The van der Waals surface area contributed by atoms with Crippen molar-refractivity contribution < 1.29 is 17.9 Å². The summed E-state index contributed by atoms with van der Waals surface area (Å²) >= 11 is 17.7. The van der Waals surface area contributed by atoms with Crippen molar-refractivity contribution in [2.24, 2.45) is 0 Å². The van der Waals surface area contributed by atoms with Gasteiger partial charge in [-0.2, -0.15) is 0 Å². The van der Waals surface area contributed by atoms with Crippen LogP contribution in [0.25, 0.3) is 11.1 Å². The maximum absolute atomic E-state index is 12.2. The molecule has 2 aromatic carbocycles. The van der Waals surface area contributed by atoms with Crippen molar-refractivity contribution in [2.75, 3.05) is 0 Å². The molecule has 106 valence electrons. The van der Waals surface area contributed by atoms with Gasteiger partial charge in [-0.05, 0) is 23.8 Å². The monoisotopic (exact) mass is 340 g/mol. The highest BCUT2D eigenvalue weighted by atomic mass is 35.5. The van der Waals surface area contributed by atoms with Gasteiger partial charge in [-0.3, -0.25) is 0 Å². The summed E-state index contributed by atoms with van der Waals surface area (Å²) in [5.41, 5.74) is 0.906. The van der Waals surface area contributed by atoms with Crippen molar-refractivity contribution in [2.45, 2.75) is 6.36 Å². The van der Waals surface area contributed by atoms with Gasteiger partial charge in [0.05, 0.1) is 15.1 Å². The highest BCUT2D eigenvalue weighted by Crippen LogP contribution is 2.39. The first kappa shape index (κ1) is 15.3. The zero-order valence-corrected chi connectivity index (χ0v) is 11.9. The Morgan fingerprint density at radius 1 is 0.900 bits per heavy atom. The van der Waals surface area contributed by atoms with E-state index in [-0.39, 0.29) is 20.8 Å². The van der Waals surface area contributed by atoms with Gasteiger partial charge in [0, 0.05) is 5.56 Å². The standard InChI is InChI=1S/C13H6Cl3F3O/c14-10-5-4-9(11(15)12(10)16)7-2-1-3-8(6-7)20-13(17,18)19/h1-6H. The van der Waals surface area contributed by atoms with E-state index in [2.05, 4.69) is 4.74 Å². The van der Waals surface area contributed by atoms with Gasteiger partial charge in [-0.15, -0.1) is 13.2 Å². The lowest BCUT2D eigenvalue weighted by Crippen LogP contribution is -2.17. The van der Waals surface area contributed by atoms with E-state index in [0.717, 1.165) is 0 Å². The minimum atomic E-state index is -4.75. The molecule has 20 heavy (non-hydrogen) atoms. The Labute approximate surface area is 127 Å². The highest BCUT2D eigenvalue weighted by Gasteiger charge is 2.31. The third-order valence-corrected chi connectivity index (χ3v) is 3.71. The van der Waals surface area contributed by atoms with Crippen molar-refractivity contribution >= 4 is 34.8 Å². The number of rotatable bonds is 2. The van der Waals surface area contributed by atoms with Gasteiger partial charge in [-0.25, -0.2) is 0 Å². The quantitative estimate of drug-likeness (QED) is 0.590. The van der Waals surface area contributed by atoms with Crippen LogP contribution in [0.3, 0.4) is 0 Å². The molecule has 0 aliphatic heterocycles. The van der Waals surface area contributed by atoms with E-state index in [9.17, 15) is 13.2 Å². The third-order valence-electron chi connectivity index (χ3n) is 2.41. The Morgan fingerprint density at radius 3 is 2.25 bits per heavy atom. The van der Waals surface area contributed by atoms with Crippen LogP contribution in [0.2, 0.25) is 15.1 Å². The predicted molar refractivity (Wildman–Crippen MR) is 73.6 cm³/mol. The first-order valence-electron chi connectivity index (χ1n) is 5.27. The van der Waals surface area contributed by atoms with Crippen LogP contribution in [-0.4, -0.2) is 6.36 Å². The van der Waals surface area contributed by atoms with Crippen molar-refractivity contribution in [3.05, 3.63) is 51.5 Å². The molecular weight excluding hydrogens is 335 g/mol. The molecule has 2 rings (SSSR count). The van der Waals surface area contributed by atoms with Gasteiger partial charge in [0.2, 0.25) is 0 Å². The summed E-state index contributed by atoms with van der Waals surface area (Å²) < 4.78 is 40.4. The smallest absolute Gasteiger partial charge is 0.406 e. The van der Waals surface area contributed by atoms with E-state index in [1.165, 1.54) is 24.3 Å². The Bertz CT molecular complexity index is 641. The van der Waals surface area contributed by atoms with Gasteiger partial charge in [0.25, 0.3) is 0 Å². The Hall–Kier alpha value is -1.10. The summed E-state index contributed by atoms with van der Waals surface area (Å²) in [6.07, 6.45) is -4.75. The van der Waals surface area contributed by atoms with Gasteiger partial charge in [-0.1, -0.05) is 53.0 Å². The molecule has 0 spiro atoms. The molecule has 0 heterocycles. The molecule has 0 saturated carbocycles. The first-order valence-corrected chi connectivity index (χ1v) is 6.41. The molecule has 0 amide bonds. The summed E-state index contributed by atoms with van der Waals surface area (Å²) in [6, 6.07) is 8.52. The van der Waals surface area contributed by atoms with Crippen molar-refractivity contribution in [3.63, 3.8) is 0 Å². The molecule has 0 N–H and O–H groups in total. The van der Waals surface area contributed by atoms with Crippen molar-refractivity contribution in [1.82, 2.24) is 0 Å². The van der Waals surface area contributed by atoms with Crippen LogP contribution in [0.15, 0.2) is 36.4 Å². The molecule has 0 aliphatic rings. The fourth-order valence-electron chi connectivity index (χ4n) is 1.61. The average molecular weight is 342 g/mol. The topological polar surface area (TPSA) is 9.23 Å². The summed E-state index contributed by atoms with van der Waals surface area (Å²) in [6.45, 7) is 0. The molecule has 2 aromatic rings. The molecule has 7 heteroatoms. The number of halogens is 6. The molecule has 0 bridgehead atoms. The molecule has 0 radical (unpaired) electrons. The van der Waals surface area contributed by atoms with Crippen LogP contribution in [0, 0.1) is 0 Å². The van der Waals surface area contributed by atoms with Crippen LogP contribution in [0.5, 0.6) is 5.75 Å². The van der Waals surface area contributed by atoms with Gasteiger partial charge in [0.15, 0.2) is 0 Å². The molecule has 0 aromatic heterocycles. The normalized spacial score (nSPS) is 11.5. The van der Waals surface area contributed by atoms with Gasteiger partial charge in [0.1, 0.15) is 5.75 Å². The van der Waals surface area contributed by atoms with Gasteiger partial charge < -0.3 is 4.74 Å². The van der Waals surface area contributed by atoms with E-state index < -0.39 is 6.36 Å². The van der Waals surface area contributed by atoms with Crippen molar-refractivity contribution in [3.8, 4) is 16.9 Å². The number of benzene rings is 2. The maximum Gasteiger partial charge on any atom is 0.573 e. The molecule has 1 nitrogen and oxygen atoms in total. The SMILES string of the molecule is FC(F)(F)Oc1cccc(-c2ccc(Cl)c(Cl)c2Cl)c1. The van der Waals surface area contributed by atoms with E-state index >= 15 is 0 Å². The molecule has 0 atom stereocenters. The van der Waals surface area contributed by atoms with Crippen LogP contribution < -0.4 is 4.74 Å². The zero-order chi connectivity index (χ0) is 14.9. The second-order valence-electron chi connectivity index (χ2n) is 3.80. The molecule has 0 unspecified atom stereocenters. The largest absolute Gasteiger partial charge is 0.573 e.